The van der Waals surface area contributed by atoms with Crippen molar-refractivity contribution in [2.75, 3.05) is 4.90 Å². The molecule has 2 fully saturated rings. The van der Waals surface area contributed by atoms with Gasteiger partial charge in [-0.25, -0.2) is 0 Å². The molecule has 1 heterocycles. The summed E-state index contributed by atoms with van der Waals surface area (Å²) in [4.78, 5) is 2.48. The van der Waals surface area contributed by atoms with Gasteiger partial charge in [-0.15, -0.1) is 0 Å². The van der Waals surface area contributed by atoms with Gasteiger partial charge in [-0.2, -0.15) is 0 Å². The van der Waals surface area contributed by atoms with Crippen LogP contribution in [0.25, 0.3) is 49.7 Å². The van der Waals surface area contributed by atoms with Crippen LogP contribution in [0.5, 0.6) is 0 Å². The Morgan fingerprint density at radius 1 is 0.490 bits per heavy atom. The zero-order valence-corrected chi connectivity index (χ0v) is 28.5. The zero-order valence-electron chi connectivity index (χ0n) is 28.5. The number of para-hydroxylation sites is 2. The second-order valence-electron chi connectivity index (χ2n) is 15.0. The van der Waals surface area contributed by atoms with Crippen molar-refractivity contribution in [1.82, 2.24) is 4.57 Å². The summed E-state index contributed by atoms with van der Waals surface area (Å²) in [5.74, 6) is 1.56. The van der Waals surface area contributed by atoms with Gasteiger partial charge in [0.1, 0.15) is 0 Å². The van der Waals surface area contributed by atoms with Crippen LogP contribution in [0.1, 0.15) is 36.8 Å². The molecule has 0 N–H and O–H groups in total. The van der Waals surface area contributed by atoms with E-state index >= 15 is 0 Å². The lowest BCUT2D eigenvalue weighted by atomic mass is 9.67. The van der Waals surface area contributed by atoms with Crippen LogP contribution >= 0.6 is 0 Å². The van der Waals surface area contributed by atoms with Gasteiger partial charge in [0.25, 0.3) is 0 Å². The molecule has 2 bridgehead atoms. The average Bonchev–Trinajstić information content (AvgIpc) is 3.96. The van der Waals surface area contributed by atoms with Crippen LogP contribution < -0.4 is 4.90 Å². The van der Waals surface area contributed by atoms with Crippen molar-refractivity contribution in [1.29, 1.82) is 0 Å². The van der Waals surface area contributed by atoms with E-state index in [0.717, 1.165) is 28.9 Å². The number of benzene rings is 7. The maximum Gasteiger partial charge on any atom is 0.0541 e. The smallest absolute Gasteiger partial charge is 0.0541 e. The van der Waals surface area contributed by atoms with Crippen LogP contribution in [-0.4, -0.2) is 4.57 Å². The minimum Gasteiger partial charge on any atom is -0.310 e. The fourth-order valence-corrected chi connectivity index (χ4v) is 10.4. The largest absolute Gasteiger partial charge is 0.310 e. The molecule has 244 valence electrons. The third-order valence-corrected chi connectivity index (χ3v) is 12.4. The second-order valence-corrected chi connectivity index (χ2v) is 15.0. The maximum atomic E-state index is 2.56. The Bertz CT molecular complexity index is 2560. The first-order valence-corrected chi connectivity index (χ1v) is 18.5. The molecule has 3 aliphatic rings. The van der Waals surface area contributed by atoms with Gasteiger partial charge in [0.05, 0.1) is 11.0 Å². The fraction of sp³-hybridized carbons (Fsp3) is 0.143. The number of hydrogen-bond donors (Lipinski definition) is 0. The lowest BCUT2D eigenvalue weighted by Gasteiger charge is -2.37. The van der Waals surface area contributed by atoms with Crippen molar-refractivity contribution in [3.63, 3.8) is 0 Å². The molecule has 1 aromatic heterocycles. The predicted octanol–water partition coefficient (Wildman–Crippen LogP) is 13.0. The quantitative estimate of drug-likeness (QED) is 0.179. The summed E-state index contributed by atoms with van der Waals surface area (Å²) >= 11 is 0. The summed E-state index contributed by atoms with van der Waals surface area (Å²) < 4.78 is 2.43. The Hall–Kier alpha value is -5.86. The Morgan fingerprint density at radius 3 is 1.88 bits per heavy atom. The molecule has 2 nitrogen and oxygen atoms in total. The molecule has 1 spiro atoms. The first-order valence-electron chi connectivity index (χ1n) is 18.5. The van der Waals surface area contributed by atoms with Crippen LogP contribution in [0.15, 0.2) is 170 Å². The van der Waals surface area contributed by atoms with Crippen molar-refractivity contribution in [3.8, 4) is 27.9 Å². The van der Waals surface area contributed by atoms with Crippen LogP contribution in [0.2, 0.25) is 0 Å². The van der Waals surface area contributed by atoms with Gasteiger partial charge in [-0.05, 0) is 119 Å². The Kier molecular flexibility index (Phi) is 6.28. The van der Waals surface area contributed by atoms with E-state index in [9.17, 15) is 0 Å². The van der Waals surface area contributed by atoms with Gasteiger partial charge in [-0.3, -0.25) is 0 Å². The summed E-state index contributed by atoms with van der Waals surface area (Å²) in [7, 11) is 0. The van der Waals surface area contributed by atoms with E-state index in [1.807, 2.05) is 0 Å². The van der Waals surface area contributed by atoms with E-state index in [0.29, 0.717) is 0 Å². The number of hydrogen-bond acceptors (Lipinski definition) is 1. The summed E-state index contributed by atoms with van der Waals surface area (Å²) in [5.41, 5.74) is 15.7. The Labute approximate surface area is 299 Å². The van der Waals surface area contributed by atoms with Gasteiger partial charge in [0, 0.05) is 38.9 Å². The van der Waals surface area contributed by atoms with E-state index in [2.05, 4.69) is 179 Å². The topological polar surface area (TPSA) is 8.17 Å². The summed E-state index contributed by atoms with van der Waals surface area (Å²) in [5, 5.41) is 2.56. The van der Waals surface area contributed by atoms with Crippen LogP contribution in [0, 0.1) is 11.8 Å². The molecule has 0 radical (unpaired) electrons. The van der Waals surface area contributed by atoms with E-state index in [1.54, 1.807) is 5.56 Å². The molecule has 2 saturated carbocycles. The first kappa shape index (κ1) is 28.9. The minimum absolute atomic E-state index is 0.124. The third-order valence-electron chi connectivity index (χ3n) is 12.4. The molecule has 11 rings (SSSR count). The third kappa shape index (κ3) is 4.23. The molecular weight excluding hydrogens is 617 g/mol. The standard InChI is InChI=1S/C49H38N2/c1-2-11-34(12-3-1)35-22-25-37(26-23-35)50(38-13-10-14-39(30-38)51-47-19-8-5-16-43(47)44-17-6-9-20-48(44)51)40-27-28-42-41-15-4-7-18-45(41)49(46(42)31-40)32-33-21-24-36(49)29-33/h1-20,22-23,25-28,30-31,33,36H,21,24,29,32H2/t33-,36+,49+/m0/s1. The molecule has 7 aromatic carbocycles. The first-order chi connectivity index (χ1) is 25.3. The molecular formula is C49H38N2. The van der Waals surface area contributed by atoms with Crippen LogP contribution in [0.3, 0.4) is 0 Å². The lowest BCUT2D eigenvalue weighted by molar-refractivity contribution is 0.327. The van der Waals surface area contributed by atoms with Gasteiger partial charge in [0.2, 0.25) is 0 Å². The van der Waals surface area contributed by atoms with E-state index in [4.69, 9.17) is 0 Å². The van der Waals surface area contributed by atoms with Gasteiger partial charge >= 0.3 is 0 Å². The van der Waals surface area contributed by atoms with E-state index < -0.39 is 0 Å². The molecule has 0 amide bonds. The molecule has 0 aliphatic heterocycles. The van der Waals surface area contributed by atoms with Crippen LogP contribution in [-0.2, 0) is 5.41 Å². The highest BCUT2D eigenvalue weighted by Crippen LogP contribution is 2.66. The van der Waals surface area contributed by atoms with E-state index in [1.165, 1.54) is 81.0 Å². The second kappa shape index (κ2) is 11.1. The monoisotopic (exact) mass is 654 g/mol. The van der Waals surface area contributed by atoms with Gasteiger partial charge in [-0.1, -0.05) is 122 Å². The van der Waals surface area contributed by atoms with Crippen molar-refractivity contribution in [3.05, 3.63) is 181 Å². The molecule has 2 heteroatoms. The highest BCUT2D eigenvalue weighted by Gasteiger charge is 2.56. The number of rotatable bonds is 5. The van der Waals surface area contributed by atoms with Crippen molar-refractivity contribution < 1.29 is 0 Å². The number of anilines is 3. The normalized spacial score (nSPS) is 19.9. The van der Waals surface area contributed by atoms with Gasteiger partial charge < -0.3 is 9.47 Å². The SMILES string of the molecule is c1ccc(-c2ccc(N(c3cccc(-n4c5ccccc5c5ccccc54)c3)c3ccc4c(c3)[C@@]3(C[C@H]5CC[C@@H]3C5)c3ccccc3-4)cc2)cc1. The predicted molar refractivity (Wildman–Crippen MR) is 213 cm³/mol. The van der Waals surface area contributed by atoms with Gasteiger partial charge in [0.15, 0.2) is 0 Å². The Morgan fingerprint density at radius 2 is 1.14 bits per heavy atom. The average molecular weight is 655 g/mol. The highest BCUT2D eigenvalue weighted by atomic mass is 15.1. The zero-order chi connectivity index (χ0) is 33.5. The summed E-state index contributed by atoms with van der Waals surface area (Å²) in [6.45, 7) is 0. The highest BCUT2D eigenvalue weighted by molar-refractivity contribution is 6.09. The number of nitrogens with zero attached hydrogens (tertiary/aromatic N) is 2. The number of fused-ring (bicyclic) bond motifs is 11. The van der Waals surface area contributed by atoms with Crippen molar-refractivity contribution in [2.24, 2.45) is 11.8 Å². The summed E-state index contributed by atoms with van der Waals surface area (Å²) in [6, 6.07) is 63.2. The Balaban J connectivity index is 1.11. The van der Waals surface area contributed by atoms with E-state index in [-0.39, 0.29) is 5.41 Å². The van der Waals surface area contributed by atoms with Crippen molar-refractivity contribution >= 4 is 38.9 Å². The van der Waals surface area contributed by atoms with Crippen molar-refractivity contribution in [2.45, 2.75) is 31.1 Å². The molecule has 3 aliphatic carbocycles. The molecule has 51 heavy (non-hydrogen) atoms. The molecule has 0 unspecified atom stereocenters. The number of aromatic nitrogens is 1. The molecule has 8 aromatic rings. The summed E-state index contributed by atoms with van der Waals surface area (Å²) in [6.07, 6.45) is 5.37. The molecule has 0 saturated heterocycles. The molecule has 3 atom stereocenters. The minimum atomic E-state index is 0.124. The lowest BCUT2D eigenvalue weighted by Crippen LogP contribution is -2.32. The fourth-order valence-electron chi connectivity index (χ4n) is 10.4. The van der Waals surface area contributed by atoms with Crippen LogP contribution in [0.4, 0.5) is 17.1 Å². The maximum absolute atomic E-state index is 2.56.